The lowest BCUT2D eigenvalue weighted by atomic mass is 10.00. The summed E-state index contributed by atoms with van der Waals surface area (Å²) in [5.74, 6) is 0. The predicted octanol–water partition coefficient (Wildman–Crippen LogP) is 3.45. The van der Waals surface area contributed by atoms with Crippen LogP contribution in [0.1, 0.15) is 31.0 Å². The van der Waals surface area contributed by atoms with Crippen molar-refractivity contribution >= 4 is 0 Å². The second-order valence-electron chi connectivity index (χ2n) is 4.74. The van der Waals surface area contributed by atoms with E-state index in [1.807, 2.05) is 6.20 Å². The van der Waals surface area contributed by atoms with Crippen molar-refractivity contribution in [1.82, 2.24) is 9.78 Å². The summed E-state index contributed by atoms with van der Waals surface area (Å²) in [6.45, 7) is 3.28. The molecule has 0 radical (unpaired) electrons. The van der Waals surface area contributed by atoms with Crippen LogP contribution in [0, 0.1) is 0 Å². The molecule has 2 heterocycles. The number of hydrogen-bond acceptors (Lipinski definition) is 1. The first kappa shape index (κ1) is 10.6. The maximum atomic E-state index is 4.49. The van der Waals surface area contributed by atoms with Crippen LogP contribution in [0.2, 0.25) is 0 Å². The van der Waals surface area contributed by atoms with Crippen LogP contribution >= 0.6 is 0 Å². The van der Waals surface area contributed by atoms with E-state index < -0.39 is 0 Å². The van der Waals surface area contributed by atoms with Gasteiger partial charge in [-0.25, -0.2) is 0 Å². The van der Waals surface area contributed by atoms with E-state index in [4.69, 9.17) is 0 Å². The van der Waals surface area contributed by atoms with Crippen molar-refractivity contribution < 1.29 is 0 Å². The van der Waals surface area contributed by atoms with Gasteiger partial charge in [0, 0.05) is 17.8 Å². The Morgan fingerprint density at radius 1 is 1.18 bits per heavy atom. The lowest BCUT2D eigenvalue weighted by Crippen LogP contribution is -2.11. The van der Waals surface area contributed by atoms with Gasteiger partial charge >= 0.3 is 0 Å². The van der Waals surface area contributed by atoms with Gasteiger partial charge < -0.3 is 0 Å². The van der Waals surface area contributed by atoms with Gasteiger partial charge in [0.25, 0.3) is 0 Å². The first-order valence-electron chi connectivity index (χ1n) is 6.52. The molecule has 0 N–H and O–H groups in total. The third-order valence-corrected chi connectivity index (χ3v) is 3.66. The molecule has 0 aliphatic carbocycles. The van der Waals surface area contributed by atoms with Crippen LogP contribution in [0.25, 0.3) is 11.1 Å². The number of hydrogen-bond donors (Lipinski definition) is 0. The molecule has 2 nitrogen and oxygen atoms in total. The Labute approximate surface area is 102 Å². The third kappa shape index (κ3) is 1.88. The third-order valence-electron chi connectivity index (χ3n) is 3.66. The lowest BCUT2D eigenvalue weighted by Gasteiger charge is -2.14. The van der Waals surface area contributed by atoms with Crippen molar-refractivity contribution in [3.8, 4) is 11.1 Å². The number of benzene rings is 1. The van der Waals surface area contributed by atoms with Crippen LogP contribution in [0.15, 0.2) is 30.5 Å². The van der Waals surface area contributed by atoms with E-state index in [9.17, 15) is 0 Å². The van der Waals surface area contributed by atoms with Crippen LogP contribution in [-0.2, 0) is 19.4 Å². The largest absolute Gasteiger partial charge is 0.269 e. The topological polar surface area (TPSA) is 17.8 Å². The molecule has 0 saturated heterocycles. The highest BCUT2D eigenvalue weighted by Gasteiger charge is 2.15. The van der Waals surface area contributed by atoms with Crippen molar-refractivity contribution in [1.29, 1.82) is 0 Å². The number of fused-ring (bicyclic) bond motifs is 1. The predicted molar refractivity (Wildman–Crippen MR) is 70.0 cm³/mol. The molecule has 88 valence electrons. The van der Waals surface area contributed by atoms with E-state index in [2.05, 4.69) is 41.0 Å². The highest BCUT2D eigenvalue weighted by atomic mass is 15.3. The maximum Gasteiger partial charge on any atom is 0.0571 e. The number of aromatic nitrogens is 2. The summed E-state index contributed by atoms with van der Waals surface area (Å²) in [5, 5.41) is 4.49. The smallest absolute Gasteiger partial charge is 0.0571 e. The molecule has 17 heavy (non-hydrogen) atoms. The quantitative estimate of drug-likeness (QED) is 0.767. The fourth-order valence-corrected chi connectivity index (χ4v) is 2.58. The van der Waals surface area contributed by atoms with Gasteiger partial charge in [0.15, 0.2) is 0 Å². The molecule has 2 aromatic rings. The minimum Gasteiger partial charge on any atom is -0.269 e. The SMILES string of the molecule is CCc1ccc(-c2cnn3c2CCCC3)cc1. The Morgan fingerprint density at radius 3 is 2.76 bits per heavy atom. The molecule has 2 heteroatoms. The maximum absolute atomic E-state index is 4.49. The van der Waals surface area contributed by atoms with E-state index in [0.717, 1.165) is 13.0 Å². The molecule has 0 fully saturated rings. The molecule has 0 unspecified atom stereocenters. The van der Waals surface area contributed by atoms with Crippen LogP contribution in [0.3, 0.4) is 0 Å². The molecule has 0 atom stereocenters. The molecular weight excluding hydrogens is 208 g/mol. The molecule has 1 aromatic carbocycles. The van der Waals surface area contributed by atoms with Crippen LogP contribution < -0.4 is 0 Å². The normalized spacial score (nSPS) is 14.6. The second-order valence-corrected chi connectivity index (χ2v) is 4.74. The first-order valence-corrected chi connectivity index (χ1v) is 6.52. The Morgan fingerprint density at radius 2 is 2.00 bits per heavy atom. The zero-order chi connectivity index (χ0) is 11.7. The monoisotopic (exact) mass is 226 g/mol. The summed E-state index contributed by atoms with van der Waals surface area (Å²) >= 11 is 0. The van der Waals surface area contributed by atoms with E-state index >= 15 is 0 Å². The number of aryl methyl sites for hydroxylation is 2. The first-order chi connectivity index (χ1) is 8.38. The fourth-order valence-electron chi connectivity index (χ4n) is 2.58. The van der Waals surface area contributed by atoms with Gasteiger partial charge in [-0.05, 0) is 36.8 Å². The van der Waals surface area contributed by atoms with Gasteiger partial charge in [-0.3, -0.25) is 4.68 Å². The Kier molecular flexibility index (Phi) is 2.71. The summed E-state index contributed by atoms with van der Waals surface area (Å²) in [5.41, 5.74) is 5.45. The molecule has 1 aliphatic heterocycles. The summed E-state index contributed by atoms with van der Waals surface area (Å²) in [4.78, 5) is 0. The van der Waals surface area contributed by atoms with Gasteiger partial charge in [-0.2, -0.15) is 5.10 Å². The number of rotatable bonds is 2. The zero-order valence-electron chi connectivity index (χ0n) is 10.3. The van der Waals surface area contributed by atoms with Crippen molar-refractivity contribution in [2.24, 2.45) is 0 Å². The molecule has 1 aliphatic rings. The summed E-state index contributed by atoms with van der Waals surface area (Å²) < 4.78 is 2.17. The van der Waals surface area contributed by atoms with Crippen molar-refractivity contribution in [2.75, 3.05) is 0 Å². The van der Waals surface area contributed by atoms with Gasteiger partial charge in [0.1, 0.15) is 0 Å². The summed E-state index contributed by atoms with van der Waals surface area (Å²) in [7, 11) is 0. The van der Waals surface area contributed by atoms with Crippen LogP contribution in [-0.4, -0.2) is 9.78 Å². The average Bonchev–Trinajstić information content (AvgIpc) is 2.83. The molecule has 0 spiro atoms. The highest BCUT2D eigenvalue weighted by molar-refractivity contribution is 5.65. The van der Waals surface area contributed by atoms with Gasteiger partial charge in [0.05, 0.1) is 6.20 Å². The average molecular weight is 226 g/mol. The van der Waals surface area contributed by atoms with E-state index in [1.54, 1.807) is 0 Å². The van der Waals surface area contributed by atoms with E-state index in [-0.39, 0.29) is 0 Å². The van der Waals surface area contributed by atoms with Gasteiger partial charge in [0.2, 0.25) is 0 Å². The molecule has 3 rings (SSSR count). The summed E-state index contributed by atoms with van der Waals surface area (Å²) in [6.07, 6.45) is 6.87. The molecule has 0 saturated carbocycles. The van der Waals surface area contributed by atoms with Crippen LogP contribution in [0.5, 0.6) is 0 Å². The minimum atomic E-state index is 1.09. The van der Waals surface area contributed by atoms with E-state index in [1.165, 1.54) is 41.6 Å². The molecule has 0 amide bonds. The Bertz CT molecular complexity index is 508. The van der Waals surface area contributed by atoms with Gasteiger partial charge in [-0.15, -0.1) is 0 Å². The molecular formula is C15H18N2. The lowest BCUT2D eigenvalue weighted by molar-refractivity contribution is 0.487. The molecule has 1 aromatic heterocycles. The number of nitrogens with zero attached hydrogens (tertiary/aromatic N) is 2. The van der Waals surface area contributed by atoms with Crippen molar-refractivity contribution in [3.05, 3.63) is 41.7 Å². The zero-order valence-corrected chi connectivity index (χ0v) is 10.3. The van der Waals surface area contributed by atoms with Crippen molar-refractivity contribution in [3.63, 3.8) is 0 Å². The van der Waals surface area contributed by atoms with Gasteiger partial charge in [-0.1, -0.05) is 31.2 Å². The highest BCUT2D eigenvalue weighted by Crippen LogP contribution is 2.27. The van der Waals surface area contributed by atoms with Crippen LogP contribution in [0.4, 0.5) is 0 Å². The summed E-state index contributed by atoms with van der Waals surface area (Å²) in [6, 6.07) is 8.90. The minimum absolute atomic E-state index is 1.09. The Hall–Kier alpha value is -1.57. The molecule has 0 bridgehead atoms. The Balaban J connectivity index is 2.00. The standard InChI is InChI=1S/C15H18N2/c1-2-12-6-8-13(9-7-12)14-11-16-17-10-4-3-5-15(14)17/h6-9,11H,2-5,10H2,1H3. The second kappa shape index (κ2) is 4.36. The fraction of sp³-hybridized carbons (Fsp3) is 0.400. The van der Waals surface area contributed by atoms with E-state index in [0.29, 0.717) is 0 Å². The van der Waals surface area contributed by atoms with Crippen molar-refractivity contribution in [2.45, 2.75) is 39.2 Å².